The molecule has 90 valence electrons. The zero-order chi connectivity index (χ0) is 12.1. The first-order valence-electron chi connectivity index (χ1n) is 5.78. The van der Waals surface area contributed by atoms with Gasteiger partial charge < -0.3 is 5.73 Å². The number of hydrogen-bond donors (Lipinski definition) is 1. The van der Waals surface area contributed by atoms with E-state index < -0.39 is 0 Å². The number of rotatable bonds is 5. The number of halogens is 1. The Morgan fingerprint density at radius 3 is 2.50 bits per heavy atom. The second kappa shape index (κ2) is 5.97. The third kappa shape index (κ3) is 2.80. The van der Waals surface area contributed by atoms with Gasteiger partial charge in [-0.15, -0.1) is 0 Å². The summed E-state index contributed by atoms with van der Waals surface area (Å²) in [7, 11) is 2.00. The van der Waals surface area contributed by atoms with Crippen molar-refractivity contribution in [2.24, 2.45) is 5.73 Å². The lowest BCUT2D eigenvalue weighted by molar-refractivity contribution is 0.181. The van der Waals surface area contributed by atoms with Crippen LogP contribution in [0.3, 0.4) is 0 Å². The molecular weight excluding hydrogens is 203 g/mol. The smallest absolute Gasteiger partial charge is 0.127 e. The summed E-state index contributed by atoms with van der Waals surface area (Å²) < 4.78 is 13.6. The van der Waals surface area contributed by atoms with E-state index >= 15 is 0 Å². The zero-order valence-corrected chi connectivity index (χ0v) is 10.3. The van der Waals surface area contributed by atoms with Gasteiger partial charge in [0.25, 0.3) is 0 Å². The van der Waals surface area contributed by atoms with Crippen molar-refractivity contribution in [1.29, 1.82) is 0 Å². The number of nitrogens with two attached hydrogens (primary N) is 1. The van der Waals surface area contributed by atoms with Crippen LogP contribution >= 0.6 is 0 Å². The molecule has 3 heteroatoms. The molecular formula is C13H21FN2. The van der Waals surface area contributed by atoms with E-state index in [1.54, 1.807) is 6.07 Å². The van der Waals surface area contributed by atoms with Crippen LogP contribution in [0.2, 0.25) is 0 Å². The van der Waals surface area contributed by atoms with E-state index in [1.807, 2.05) is 26.1 Å². The van der Waals surface area contributed by atoms with Crippen LogP contribution in [0.4, 0.5) is 4.39 Å². The fourth-order valence-corrected chi connectivity index (χ4v) is 1.97. The second-order valence-electron chi connectivity index (χ2n) is 4.16. The molecule has 0 saturated carbocycles. The normalized spacial score (nSPS) is 15.1. The van der Waals surface area contributed by atoms with E-state index in [4.69, 9.17) is 5.73 Å². The van der Waals surface area contributed by atoms with E-state index in [0.717, 1.165) is 12.0 Å². The first kappa shape index (κ1) is 13.1. The fourth-order valence-electron chi connectivity index (χ4n) is 1.97. The van der Waals surface area contributed by atoms with E-state index in [-0.39, 0.29) is 11.9 Å². The first-order valence-corrected chi connectivity index (χ1v) is 5.78. The molecule has 0 aromatic heterocycles. The Balaban J connectivity index is 2.85. The highest BCUT2D eigenvalue weighted by molar-refractivity contribution is 5.20. The Morgan fingerprint density at radius 1 is 1.38 bits per heavy atom. The standard InChI is InChI=1S/C13H21FN2/c1-4-11(9-15)16(3)10(2)12-7-5-6-8-13(12)14/h5-8,10-11H,4,9,15H2,1-3H3. The van der Waals surface area contributed by atoms with Crippen LogP contribution in [-0.4, -0.2) is 24.5 Å². The highest BCUT2D eigenvalue weighted by Gasteiger charge is 2.20. The number of benzene rings is 1. The lowest BCUT2D eigenvalue weighted by Gasteiger charge is -2.32. The zero-order valence-electron chi connectivity index (χ0n) is 10.3. The summed E-state index contributed by atoms with van der Waals surface area (Å²) in [6.45, 7) is 4.71. The largest absolute Gasteiger partial charge is 0.329 e. The maximum Gasteiger partial charge on any atom is 0.127 e. The second-order valence-corrected chi connectivity index (χ2v) is 4.16. The molecule has 0 bridgehead atoms. The van der Waals surface area contributed by atoms with Gasteiger partial charge >= 0.3 is 0 Å². The third-order valence-electron chi connectivity index (χ3n) is 3.29. The van der Waals surface area contributed by atoms with Gasteiger partial charge in [0, 0.05) is 24.2 Å². The van der Waals surface area contributed by atoms with Gasteiger partial charge in [0.15, 0.2) is 0 Å². The van der Waals surface area contributed by atoms with E-state index in [1.165, 1.54) is 6.07 Å². The van der Waals surface area contributed by atoms with Crippen LogP contribution in [-0.2, 0) is 0 Å². The van der Waals surface area contributed by atoms with Crippen molar-refractivity contribution in [3.05, 3.63) is 35.6 Å². The number of nitrogens with zero attached hydrogens (tertiary/aromatic N) is 1. The summed E-state index contributed by atoms with van der Waals surface area (Å²) in [6, 6.07) is 7.27. The Bertz CT molecular complexity index is 323. The molecule has 2 unspecified atom stereocenters. The molecule has 2 N–H and O–H groups in total. The summed E-state index contributed by atoms with van der Waals surface area (Å²) in [4.78, 5) is 2.14. The minimum Gasteiger partial charge on any atom is -0.329 e. The molecule has 0 spiro atoms. The maximum atomic E-state index is 13.6. The lowest BCUT2D eigenvalue weighted by atomic mass is 10.0. The minimum atomic E-state index is -0.145. The average Bonchev–Trinajstić information content (AvgIpc) is 2.30. The van der Waals surface area contributed by atoms with Crippen molar-refractivity contribution in [2.75, 3.05) is 13.6 Å². The molecule has 0 aliphatic heterocycles. The molecule has 0 heterocycles. The lowest BCUT2D eigenvalue weighted by Crippen LogP contribution is -2.39. The molecule has 0 fully saturated rings. The van der Waals surface area contributed by atoms with Crippen molar-refractivity contribution in [3.8, 4) is 0 Å². The van der Waals surface area contributed by atoms with Crippen LogP contribution in [0.5, 0.6) is 0 Å². The highest BCUT2D eigenvalue weighted by atomic mass is 19.1. The van der Waals surface area contributed by atoms with Crippen molar-refractivity contribution in [2.45, 2.75) is 32.4 Å². The molecule has 0 radical (unpaired) electrons. The van der Waals surface area contributed by atoms with Gasteiger partial charge in [0.1, 0.15) is 5.82 Å². The number of likely N-dealkylation sites (N-methyl/N-ethyl adjacent to an activating group) is 1. The summed E-state index contributed by atoms with van der Waals surface area (Å²) in [5.74, 6) is -0.145. The van der Waals surface area contributed by atoms with Crippen LogP contribution in [0.25, 0.3) is 0 Å². The van der Waals surface area contributed by atoms with E-state index in [0.29, 0.717) is 12.6 Å². The summed E-state index contributed by atoms with van der Waals surface area (Å²) in [5.41, 5.74) is 6.44. The Labute approximate surface area is 97.3 Å². The Morgan fingerprint density at radius 2 is 2.00 bits per heavy atom. The quantitative estimate of drug-likeness (QED) is 0.833. The average molecular weight is 224 g/mol. The van der Waals surface area contributed by atoms with Gasteiger partial charge in [-0.25, -0.2) is 4.39 Å². The molecule has 0 aliphatic carbocycles. The van der Waals surface area contributed by atoms with Crippen LogP contribution in [0.15, 0.2) is 24.3 Å². The van der Waals surface area contributed by atoms with Crippen LogP contribution < -0.4 is 5.73 Å². The molecule has 1 aromatic carbocycles. The molecule has 0 aliphatic rings. The predicted octanol–water partition coefficient (Wildman–Crippen LogP) is 2.56. The fraction of sp³-hybridized carbons (Fsp3) is 0.538. The molecule has 2 nitrogen and oxygen atoms in total. The summed E-state index contributed by atoms with van der Waals surface area (Å²) >= 11 is 0. The minimum absolute atomic E-state index is 0.0506. The van der Waals surface area contributed by atoms with Gasteiger partial charge in [0.2, 0.25) is 0 Å². The predicted molar refractivity (Wildman–Crippen MR) is 65.7 cm³/mol. The van der Waals surface area contributed by atoms with Gasteiger partial charge in [-0.2, -0.15) is 0 Å². The van der Waals surface area contributed by atoms with Crippen molar-refractivity contribution in [3.63, 3.8) is 0 Å². The number of hydrogen-bond acceptors (Lipinski definition) is 2. The highest BCUT2D eigenvalue weighted by Crippen LogP contribution is 2.23. The Hall–Kier alpha value is -0.930. The molecule has 1 rings (SSSR count). The van der Waals surface area contributed by atoms with E-state index in [2.05, 4.69) is 11.8 Å². The monoisotopic (exact) mass is 224 g/mol. The van der Waals surface area contributed by atoms with Crippen LogP contribution in [0, 0.1) is 5.82 Å². The summed E-state index contributed by atoms with van der Waals surface area (Å²) in [5, 5.41) is 0. The molecule has 2 atom stereocenters. The van der Waals surface area contributed by atoms with Crippen molar-refractivity contribution in [1.82, 2.24) is 4.90 Å². The summed E-state index contributed by atoms with van der Waals surface area (Å²) in [6.07, 6.45) is 0.978. The van der Waals surface area contributed by atoms with Crippen molar-refractivity contribution < 1.29 is 4.39 Å². The topological polar surface area (TPSA) is 29.3 Å². The molecule has 1 aromatic rings. The van der Waals surface area contributed by atoms with Crippen LogP contribution in [0.1, 0.15) is 31.9 Å². The van der Waals surface area contributed by atoms with Gasteiger partial charge in [0.05, 0.1) is 0 Å². The Kier molecular flexibility index (Phi) is 4.90. The molecule has 0 saturated heterocycles. The van der Waals surface area contributed by atoms with Gasteiger partial charge in [-0.3, -0.25) is 4.90 Å². The van der Waals surface area contributed by atoms with Gasteiger partial charge in [-0.1, -0.05) is 25.1 Å². The van der Waals surface area contributed by atoms with Gasteiger partial charge in [-0.05, 0) is 26.5 Å². The van der Waals surface area contributed by atoms with E-state index in [9.17, 15) is 4.39 Å². The SMILES string of the molecule is CCC(CN)N(C)C(C)c1ccccc1F. The molecule has 16 heavy (non-hydrogen) atoms. The maximum absolute atomic E-state index is 13.6. The third-order valence-corrected chi connectivity index (χ3v) is 3.29. The first-order chi connectivity index (χ1) is 7.61. The van der Waals surface area contributed by atoms with Crippen molar-refractivity contribution >= 4 is 0 Å². The molecule has 0 amide bonds.